The fourth-order valence-electron chi connectivity index (χ4n) is 10.9. The first-order valence-corrected chi connectivity index (χ1v) is 25.0. The molecule has 19 N–H and O–H groups in total. The van der Waals surface area contributed by atoms with Crippen molar-refractivity contribution in [2.75, 3.05) is 0 Å². The largest absolute Gasteiger partial charge is 0.508 e. The van der Waals surface area contributed by atoms with Crippen LogP contribution in [0.4, 0.5) is 0 Å². The number of ether oxygens (including phenoxy) is 5. The topological polar surface area (TPSA) is 482 Å². The van der Waals surface area contributed by atoms with Crippen molar-refractivity contribution in [2.24, 2.45) is 0 Å². The first-order chi connectivity index (χ1) is 40.2. The van der Waals surface area contributed by atoms with Gasteiger partial charge in [-0.25, -0.2) is 9.59 Å². The highest BCUT2D eigenvalue weighted by atomic mass is 16.6. The third kappa shape index (κ3) is 9.21. The molecule has 7 unspecified atom stereocenters. The standard InChI is InChI=1S/C58H44O27/c59-20-9-28(61)25-14-38(71)55(81-39(25)11-20)24-13-37(70)50(77)43-22(24)1-2-23(46(73)51(43)78)58(80)83-41-16-27-45(72)36(69)15-26(54(27)84-52(41)17-3-30(63)47(74)31(64)4-17)42-44-29(62)10-21(60)12-40(44)82-53(18-5-32(65)48(75)33(66)6-18)56(42)85-57(79)19-7-34(67)49(76)35(68)8-19/h1-13,15,38,41-42,52-53,55-56,59-72,74-77H,14,16H2,(H,73,78). The minimum absolute atomic E-state index is 0.0795. The second-order valence-electron chi connectivity index (χ2n) is 20.1. The molecule has 0 radical (unpaired) electrons. The summed E-state index contributed by atoms with van der Waals surface area (Å²) in [4.78, 5) is 43.2. The maximum absolute atomic E-state index is 14.6. The Morgan fingerprint density at radius 3 is 1.58 bits per heavy atom. The molecule has 8 aromatic rings. The zero-order valence-electron chi connectivity index (χ0n) is 42.8. The van der Waals surface area contributed by atoms with Crippen LogP contribution in [0.15, 0.2) is 89.7 Å². The molecule has 0 spiro atoms. The Bertz CT molecular complexity index is 4180. The lowest BCUT2D eigenvalue weighted by molar-refractivity contribution is -0.0300. The van der Waals surface area contributed by atoms with Gasteiger partial charge in [0.2, 0.25) is 5.43 Å². The molecular weight excluding hydrogens is 1130 g/mol. The zero-order valence-corrected chi connectivity index (χ0v) is 42.8. The van der Waals surface area contributed by atoms with E-state index in [1.807, 2.05) is 0 Å². The summed E-state index contributed by atoms with van der Waals surface area (Å²) in [5.74, 6) is -22.9. The van der Waals surface area contributed by atoms with Gasteiger partial charge < -0.3 is 121 Å². The third-order valence-electron chi connectivity index (χ3n) is 14.8. The van der Waals surface area contributed by atoms with Crippen molar-refractivity contribution in [2.45, 2.75) is 55.4 Å². The zero-order chi connectivity index (χ0) is 61.1. The van der Waals surface area contributed by atoms with E-state index in [-0.39, 0.29) is 39.8 Å². The number of aromatic hydroxyl groups is 18. The van der Waals surface area contributed by atoms with Gasteiger partial charge in [0.25, 0.3) is 0 Å². The molecule has 85 heavy (non-hydrogen) atoms. The number of aliphatic hydroxyl groups is 1. The van der Waals surface area contributed by atoms with Gasteiger partial charge in [0, 0.05) is 76.1 Å². The van der Waals surface area contributed by atoms with E-state index in [0.717, 1.165) is 72.8 Å². The lowest BCUT2D eigenvalue weighted by Gasteiger charge is -2.42. The number of esters is 2. The number of phenolic OH excluding ortho intramolecular Hbond substituents is 17. The molecule has 0 amide bonds. The van der Waals surface area contributed by atoms with E-state index in [2.05, 4.69) is 0 Å². The highest BCUT2D eigenvalue weighted by Gasteiger charge is 2.49. The van der Waals surface area contributed by atoms with Crippen molar-refractivity contribution >= 4 is 22.7 Å². The van der Waals surface area contributed by atoms with Crippen LogP contribution in [-0.2, 0) is 22.3 Å². The van der Waals surface area contributed by atoms with Crippen LogP contribution in [0.3, 0.4) is 0 Å². The van der Waals surface area contributed by atoms with Gasteiger partial charge in [-0.15, -0.1) is 0 Å². The van der Waals surface area contributed by atoms with Crippen LogP contribution in [0, 0.1) is 0 Å². The number of carbonyl (C=O) groups excluding carboxylic acids is 2. The van der Waals surface area contributed by atoms with Crippen LogP contribution in [0.5, 0.6) is 121 Å². The molecule has 0 saturated heterocycles. The molecular formula is C58H44O27. The average Bonchev–Trinajstić information content (AvgIpc) is 1.12. The van der Waals surface area contributed by atoms with Gasteiger partial charge in [0.1, 0.15) is 51.9 Å². The molecule has 438 valence electrons. The van der Waals surface area contributed by atoms with Crippen LogP contribution in [0.2, 0.25) is 0 Å². The predicted molar refractivity (Wildman–Crippen MR) is 283 cm³/mol. The van der Waals surface area contributed by atoms with E-state index in [1.54, 1.807) is 0 Å². The second kappa shape index (κ2) is 20.1. The summed E-state index contributed by atoms with van der Waals surface area (Å²) in [7, 11) is 0. The van der Waals surface area contributed by atoms with Gasteiger partial charge >= 0.3 is 11.9 Å². The Hall–Kier alpha value is -11.6. The number of hydrogen-bond acceptors (Lipinski definition) is 27. The quantitative estimate of drug-likeness (QED) is 0.0675. The number of rotatable bonds is 8. The minimum atomic E-state index is -2.05. The van der Waals surface area contributed by atoms with E-state index in [0.29, 0.717) is 12.1 Å². The number of fused-ring (bicyclic) bond motifs is 4. The van der Waals surface area contributed by atoms with E-state index < -0.39 is 215 Å². The van der Waals surface area contributed by atoms with Crippen molar-refractivity contribution in [3.63, 3.8) is 0 Å². The molecule has 0 saturated carbocycles. The van der Waals surface area contributed by atoms with E-state index in [1.165, 1.54) is 0 Å². The molecule has 3 heterocycles. The lowest BCUT2D eigenvalue weighted by atomic mass is 9.77. The molecule has 0 aromatic heterocycles. The monoisotopic (exact) mass is 1170 g/mol. The summed E-state index contributed by atoms with van der Waals surface area (Å²) in [5, 5.41) is 205. The van der Waals surface area contributed by atoms with Crippen molar-refractivity contribution in [1.29, 1.82) is 0 Å². The fraction of sp³-hybridized carbons (Fsp3) is 0.155. The number of aliphatic hydroxyl groups excluding tert-OH is 1. The third-order valence-corrected chi connectivity index (χ3v) is 14.8. The smallest absolute Gasteiger partial charge is 0.342 e. The van der Waals surface area contributed by atoms with Crippen LogP contribution in [0.1, 0.15) is 83.9 Å². The molecule has 3 aliphatic heterocycles. The summed E-state index contributed by atoms with van der Waals surface area (Å²) in [6.45, 7) is 0. The molecule has 8 aromatic carbocycles. The van der Waals surface area contributed by atoms with Gasteiger partial charge in [-0.1, -0.05) is 6.07 Å². The second-order valence-corrected chi connectivity index (χ2v) is 20.1. The molecule has 27 heteroatoms. The molecule has 0 aliphatic carbocycles. The normalized spacial score (nSPS) is 19.5. The van der Waals surface area contributed by atoms with Crippen molar-refractivity contribution in [3.8, 4) is 121 Å². The van der Waals surface area contributed by atoms with Gasteiger partial charge in [0.15, 0.2) is 105 Å². The Kier molecular flexibility index (Phi) is 13.1. The molecule has 7 atom stereocenters. The Morgan fingerprint density at radius 2 is 0.965 bits per heavy atom. The summed E-state index contributed by atoms with van der Waals surface area (Å²) in [6.07, 6.45) is -11.9. The summed E-state index contributed by atoms with van der Waals surface area (Å²) < 4.78 is 30.7. The van der Waals surface area contributed by atoms with Gasteiger partial charge in [-0.05, 0) is 60.0 Å². The SMILES string of the molecule is O=C(OC1C(c2cc(O)c(O)c(O)c2)Oc2cc(O)cc(O)c2C1c1cc(O)c(O)c2c1OC(c1cc(O)c(O)c(O)c1)C(OC(=O)c1ccc3c(C4Oc5cc(O)cc(O)c5CC4O)cc(O)c(O)c3c(=O)c1O)C2)c1cc(O)c(O)c(O)c1. The Labute approximate surface area is 473 Å². The summed E-state index contributed by atoms with van der Waals surface area (Å²) >= 11 is 0. The van der Waals surface area contributed by atoms with Gasteiger partial charge in [-0.3, -0.25) is 4.79 Å². The lowest BCUT2D eigenvalue weighted by Crippen LogP contribution is -2.40. The van der Waals surface area contributed by atoms with Crippen molar-refractivity contribution < 1.29 is 130 Å². The summed E-state index contributed by atoms with van der Waals surface area (Å²) in [5.41, 5.74) is -5.24. The summed E-state index contributed by atoms with van der Waals surface area (Å²) in [6, 6.07) is 12.2. The van der Waals surface area contributed by atoms with Crippen LogP contribution in [0.25, 0.3) is 10.8 Å². The predicted octanol–water partition coefficient (Wildman–Crippen LogP) is 5.33. The fourth-order valence-corrected chi connectivity index (χ4v) is 10.9. The van der Waals surface area contributed by atoms with Crippen LogP contribution < -0.4 is 19.6 Å². The van der Waals surface area contributed by atoms with Gasteiger partial charge in [0.05, 0.1) is 23.0 Å². The van der Waals surface area contributed by atoms with E-state index in [4.69, 9.17) is 23.7 Å². The first kappa shape index (κ1) is 55.3. The average molecular weight is 1170 g/mol. The Morgan fingerprint density at radius 1 is 0.447 bits per heavy atom. The number of phenols is 17. The molecule has 3 aliphatic rings. The maximum Gasteiger partial charge on any atom is 0.342 e. The Balaban J connectivity index is 1.07. The number of carbonyl (C=O) groups is 2. The first-order valence-electron chi connectivity index (χ1n) is 25.0. The van der Waals surface area contributed by atoms with E-state index in [9.17, 15) is 111 Å². The highest BCUT2D eigenvalue weighted by molar-refractivity contribution is 5.99. The molecule has 11 rings (SSSR count). The molecule has 27 nitrogen and oxygen atoms in total. The van der Waals surface area contributed by atoms with Gasteiger partial charge in [-0.2, -0.15) is 0 Å². The van der Waals surface area contributed by atoms with Crippen molar-refractivity contribution in [3.05, 3.63) is 145 Å². The number of benzene rings is 7. The van der Waals surface area contributed by atoms with Crippen LogP contribution in [-0.4, -0.2) is 127 Å². The number of hydrogen-bond donors (Lipinski definition) is 19. The molecule has 0 bridgehead atoms. The van der Waals surface area contributed by atoms with E-state index >= 15 is 0 Å². The maximum atomic E-state index is 14.6. The highest BCUT2D eigenvalue weighted by Crippen LogP contribution is 2.59. The van der Waals surface area contributed by atoms with Crippen LogP contribution >= 0.6 is 0 Å². The minimum Gasteiger partial charge on any atom is -0.508 e. The van der Waals surface area contributed by atoms with Crippen molar-refractivity contribution in [1.82, 2.24) is 0 Å². The molecule has 0 fully saturated rings.